The van der Waals surface area contributed by atoms with Gasteiger partial charge in [0.1, 0.15) is 17.9 Å². The average molecular weight is 334 g/mol. The van der Waals surface area contributed by atoms with Crippen molar-refractivity contribution < 1.29 is 19.9 Å². The molecule has 1 aromatic carbocycles. The van der Waals surface area contributed by atoms with E-state index in [0.717, 1.165) is 0 Å². The zero-order valence-corrected chi connectivity index (χ0v) is 13.8. The molecular formula is C17H22N2O5. The third kappa shape index (κ3) is 4.46. The topological polar surface area (TPSA) is 113 Å². The second-order valence-electron chi connectivity index (χ2n) is 6.97. The minimum absolute atomic E-state index is 0.0718. The van der Waals surface area contributed by atoms with E-state index in [2.05, 4.69) is 4.99 Å². The molecular weight excluding hydrogens is 312 g/mol. The summed E-state index contributed by atoms with van der Waals surface area (Å²) in [5.41, 5.74) is 0.867. The summed E-state index contributed by atoms with van der Waals surface area (Å²) in [4.78, 5) is 26.4. The lowest BCUT2D eigenvalue weighted by Gasteiger charge is -2.30. The van der Waals surface area contributed by atoms with Crippen molar-refractivity contribution in [2.75, 3.05) is 6.61 Å². The number of aliphatic hydroxyl groups excluding tert-OH is 2. The van der Waals surface area contributed by atoms with Crippen LogP contribution in [0.2, 0.25) is 0 Å². The molecule has 0 bridgehead atoms. The van der Waals surface area contributed by atoms with Crippen LogP contribution in [0.1, 0.15) is 44.8 Å². The molecule has 130 valence electrons. The van der Waals surface area contributed by atoms with Gasteiger partial charge in [0, 0.05) is 30.7 Å². The van der Waals surface area contributed by atoms with Crippen LogP contribution in [0.4, 0.5) is 5.69 Å². The Kier molecular flexibility index (Phi) is 5.46. The largest absolute Gasteiger partial charge is 0.394 e. The summed E-state index contributed by atoms with van der Waals surface area (Å²) in [5.74, 6) is 0.103. The normalized spacial score (nSPS) is 21.5. The number of Topliss-reactive ketones (excluding diaryl/α,β-unsaturated/α-hetero) is 1. The van der Waals surface area contributed by atoms with Gasteiger partial charge in [0.15, 0.2) is 0 Å². The predicted molar refractivity (Wildman–Crippen MR) is 89.0 cm³/mol. The van der Waals surface area contributed by atoms with Crippen LogP contribution in [-0.2, 0) is 4.79 Å². The monoisotopic (exact) mass is 334 g/mol. The highest BCUT2D eigenvalue weighted by Crippen LogP contribution is 2.32. The number of nitro benzene ring substituents is 1. The van der Waals surface area contributed by atoms with E-state index in [1.807, 2.05) is 13.8 Å². The fourth-order valence-electron chi connectivity index (χ4n) is 3.05. The van der Waals surface area contributed by atoms with Crippen molar-refractivity contribution >= 4 is 17.2 Å². The third-order valence-corrected chi connectivity index (χ3v) is 4.10. The molecule has 0 aliphatic heterocycles. The number of aliphatic imine (C=N–C) groups is 1. The maximum Gasteiger partial charge on any atom is 0.269 e. The van der Waals surface area contributed by atoms with E-state index in [4.69, 9.17) is 0 Å². The molecule has 0 unspecified atom stereocenters. The molecule has 2 atom stereocenters. The fraction of sp³-hybridized carbons (Fsp3) is 0.529. The van der Waals surface area contributed by atoms with Crippen molar-refractivity contribution in [1.29, 1.82) is 0 Å². The van der Waals surface area contributed by atoms with E-state index in [0.29, 0.717) is 24.1 Å². The number of hydrogen-bond donors (Lipinski definition) is 2. The first-order valence-electron chi connectivity index (χ1n) is 7.82. The summed E-state index contributed by atoms with van der Waals surface area (Å²) in [6.07, 6.45) is 0.291. The Labute approximate surface area is 140 Å². The Bertz CT molecular complexity index is 651. The second kappa shape index (κ2) is 7.19. The molecule has 0 heterocycles. The van der Waals surface area contributed by atoms with Gasteiger partial charge in [0.25, 0.3) is 5.69 Å². The Balaban J connectivity index is 2.19. The molecule has 0 aromatic heterocycles. The molecule has 1 saturated carbocycles. The molecule has 1 aliphatic rings. The van der Waals surface area contributed by atoms with Gasteiger partial charge in [-0.15, -0.1) is 0 Å². The first-order chi connectivity index (χ1) is 11.2. The summed E-state index contributed by atoms with van der Waals surface area (Å²) < 4.78 is 0. The minimum atomic E-state index is -1.09. The maximum absolute atomic E-state index is 11.8. The molecule has 0 spiro atoms. The molecule has 0 amide bonds. The molecule has 0 saturated heterocycles. The number of non-ortho nitro benzene ring substituents is 1. The van der Waals surface area contributed by atoms with Crippen LogP contribution in [0.5, 0.6) is 0 Å². The van der Waals surface area contributed by atoms with E-state index in [1.54, 1.807) is 0 Å². The smallest absolute Gasteiger partial charge is 0.269 e. The first kappa shape index (κ1) is 18.2. The van der Waals surface area contributed by atoms with E-state index in [1.165, 1.54) is 24.3 Å². The van der Waals surface area contributed by atoms with Gasteiger partial charge in [-0.3, -0.25) is 19.9 Å². The summed E-state index contributed by atoms with van der Waals surface area (Å²) in [7, 11) is 0. The number of hydrogen-bond acceptors (Lipinski definition) is 6. The number of ketones is 1. The molecule has 1 aliphatic carbocycles. The van der Waals surface area contributed by atoms with Crippen molar-refractivity contribution in [3.63, 3.8) is 0 Å². The zero-order valence-electron chi connectivity index (χ0n) is 13.8. The number of carbonyl (C=O) groups excluding carboxylic acids is 1. The Morgan fingerprint density at radius 2 is 1.92 bits per heavy atom. The van der Waals surface area contributed by atoms with Crippen molar-refractivity contribution in [3.8, 4) is 0 Å². The molecule has 7 nitrogen and oxygen atoms in total. The highest BCUT2D eigenvalue weighted by molar-refractivity contribution is 6.04. The standard InChI is InChI=1S/C17H22N2O5/c1-17(2)8-12(7-14(21)9-17)18-15(10-20)16(22)11-3-5-13(6-4-11)19(23)24/h3-6,15-16,20,22H,7-10H2,1-2H3/t15-,16-/m1/s1. The molecule has 24 heavy (non-hydrogen) atoms. The SMILES string of the molecule is CC1(C)CC(=O)CC(=N[C@H](CO)[C@H](O)c2ccc([N+](=O)[O-])cc2)C1. The summed E-state index contributed by atoms with van der Waals surface area (Å²) in [6, 6.07) is 4.69. The molecule has 0 radical (unpaired) electrons. The number of nitro groups is 1. The number of nitrogens with zero attached hydrogens (tertiary/aromatic N) is 2. The minimum Gasteiger partial charge on any atom is -0.394 e. The van der Waals surface area contributed by atoms with Crippen LogP contribution < -0.4 is 0 Å². The number of carbonyl (C=O) groups is 1. The van der Waals surface area contributed by atoms with Crippen LogP contribution in [0.3, 0.4) is 0 Å². The lowest BCUT2D eigenvalue weighted by Crippen LogP contribution is -2.31. The number of rotatable bonds is 5. The molecule has 1 aromatic rings. The van der Waals surface area contributed by atoms with Crippen LogP contribution in [-0.4, -0.2) is 39.3 Å². The second-order valence-corrected chi connectivity index (χ2v) is 6.97. The summed E-state index contributed by atoms with van der Waals surface area (Å²) >= 11 is 0. The number of aliphatic hydroxyl groups is 2. The molecule has 2 rings (SSSR count). The fourth-order valence-corrected chi connectivity index (χ4v) is 3.05. The van der Waals surface area contributed by atoms with Gasteiger partial charge in [-0.05, 0) is 29.5 Å². The van der Waals surface area contributed by atoms with Crippen molar-refractivity contribution in [3.05, 3.63) is 39.9 Å². The summed E-state index contributed by atoms with van der Waals surface area (Å²) in [6.45, 7) is 3.59. The average Bonchev–Trinajstić information content (AvgIpc) is 2.50. The van der Waals surface area contributed by atoms with E-state index < -0.39 is 17.1 Å². The van der Waals surface area contributed by atoms with Gasteiger partial charge >= 0.3 is 0 Å². The van der Waals surface area contributed by atoms with E-state index in [-0.39, 0.29) is 29.9 Å². The van der Waals surface area contributed by atoms with E-state index in [9.17, 15) is 25.1 Å². The Hall–Kier alpha value is -2.12. The van der Waals surface area contributed by atoms with Gasteiger partial charge in [0.2, 0.25) is 0 Å². The molecule has 1 fully saturated rings. The lowest BCUT2D eigenvalue weighted by atomic mass is 9.76. The molecule has 7 heteroatoms. The van der Waals surface area contributed by atoms with Gasteiger partial charge in [-0.1, -0.05) is 13.8 Å². The molecule has 2 N–H and O–H groups in total. The highest BCUT2D eigenvalue weighted by Gasteiger charge is 2.31. The van der Waals surface area contributed by atoms with Crippen molar-refractivity contribution in [2.45, 2.75) is 45.3 Å². The van der Waals surface area contributed by atoms with Crippen molar-refractivity contribution in [1.82, 2.24) is 0 Å². The van der Waals surface area contributed by atoms with E-state index >= 15 is 0 Å². The van der Waals surface area contributed by atoms with Gasteiger partial charge in [-0.2, -0.15) is 0 Å². The first-order valence-corrected chi connectivity index (χ1v) is 7.82. The highest BCUT2D eigenvalue weighted by atomic mass is 16.6. The number of benzene rings is 1. The van der Waals surface area contributed by atoms with Crippen LogP contribution in [0.15, 0.2) is 29.3 Å². The summed E-state index contributed by atoms with van der Waals surface area (Å²) in [5, 5.41) is 30.7. The predicted octanol–water partition coefficient (Wildman–Crippen LogP) is 2.21. The zero-order chi connectivity index (χ0) is 17.9. The van der Waals surface area contributed by atoms with Gasteiger partial charge < -0.3 is 10.2 Å². The quantitative estimate of drug-likeness (QED) is 0.633. The van der Waals surface area contributed by atoms with Gasteiger partial charge in [-0.25, -0.2) is 0 Å². The van der Waals surface area contributed by atoms with Gasteiger partial charge in [0.05, 0.1) is 11.5 Å². The van der Waals surface area contributed by atoms with Crippen LogP contribution in [0, 0.1) is 15.5 Å². The lowest BCUT2D eigenvalue weighted by molar-refractivity contribution is -0.384. The Morgan fingerprint density at radius 1 is 1.29 bits per heavy atom. The van der Waals surface area contributed by atoms with Crippen molar-refractivity contribution in [2.24, 2.45) is 10.4 Å². The Morgan fingerprint density at radius 3 is 2.42 bits per heavy atom. The third-order valence-electron chi connectivity index (χ3n) is 4.10. The maximum atomic E-state index is 11.8. The van der Waals surface area contributed by atoms with Crippen LogP contribution in [0.25, 0.3) is 0 Å². The van der Waals surface area contributed by atoms with Crippen LogP contribution >= 0.6 is 0 Å².